The van der Waals surface area contributed by atoms with E-state index in [1.165, 1.54) is 0 Å². The number of Topliss-reactive ketones (excluding diaryl/α,β-unsaturated/α-hetero) is 1. The van der Waals surface area contributed by atoms with Gasteiger partial charge in [0.1, 0.15) is 5.78 Å². The van der Waals surface area contributed by atoms with Crippen molar-refractivity contribution in [3.63, 3.8) is 0 Å². The number of anilines is 1. The fourth-order valence-electron chi connectivity index (χ4n) is 5.44. The minimum absolute atomic E-state index is 0.00947. The molecule has 2 fully saturated rings. The summed E-state index contributed by atoms with van der Waals surface area (Å²) in [4.78, 5) is 25.1. The fourth-order valence-corrected chi connectivity index (χ4v) is 5.44. The molecule has 2 aliphatic rings. The summed E-state index contributed by atoms with van der Waals surface area (Å²) >= 11 is 0. The Morgan fingerprint density at radius 2 is 1.46 bits per heavy atom. The van der Waals surface area contributed by atoms with Crippen molar-refractivity contribution >= 4 is 17.4 Å². The highest BCUT2D eigenvalue weighted by Gasteiger charge is 2.37. The highest BCUT2D eigenvalue weighted by atomic mass is 19.4. The number of halogens is 6. The Hall–Kier alpha value is -2.10. The van der Waals surface area contributed by atoms with Gasteiger partial charge >= 0.3 is 12.4 Å². The van der Waals surface area contributed by atoms with E-state index < -0.39 is 35.1 Å². The lowest BCUT2D eigenvalue weighted by Crippen LogP contribution is -2.38. The molecular formula is C25H32F6N2O2. The molecule has 35 heavy (non-hydrogen) atoms. The molecule has 4 nitrogen and oxygen atoms in total. The zero-order valence-corrected chi connectivity index (χ0v) is 19.5. The molecule has 1 aromatic carbocycles. The molecule has 0 bridgehead atoms. The van der Waals surface area contributed by atoms with Gasteiger partial charge in [0, 0.05) is 30.5 Å². The van der Waals surface area contributed by atoms with Gasteiger partial charge < -0.3 is 11.1 Å². The molecule has 0 saturated heterocycles. The van der Waals surface area contributed by atoms with Crippen LogP contribution in [-0.2, 0) is 21.9 Å². The van der Waals surface area contributed by atoms with Gasteiger partial charge in [-0.05, 0) is 62.1 Å². The number of carbonyl (C=O) groups excluding carboxylic acids is 2. The highest BCUT2D eigenvalue weighted by molar-refractivity contribution is 5.91. The number of benzene rings is 1. The molecule has 2 saturated carbocycles. The summed E-state index contributed by atoms with van der Waals surface area (Å²) in [5.41, 5.74) is 2.64. The first-order valence-electron chi connectivity index (χ1n) is 12.2. The maximum atomic E-state index is 13.0. The molecule has 10 heteroatoms. The van der Waals surface area contributed by atoms with Gasteiger partial charge in [0.25, 0.3) is 0 Å². The van der Waals surface area contributed by atoms with Crippen molar-refractivity contribution in [3.8, 4) is 0 Å². The lowest BCUT2D eigenvalue weighted by Gasteiger charge is -2.30. The molecule has 1 amide bonds. The summed E-state index contributed by atoms with van der Waals surface area (Å²) in [7, 11) is 0. The average Bonchev–Trinajstić information content (AvgIpc) is 2.76. The van der Waals surface area contributed by atoms with E-state index in [1.54, 1.807) is 0 Å². The minimum atomic E-state index is -4.98. The molecule has 196 valence electrons. The second-order valence-electron chi connectivity index (χ2n) is 10.0. The van der Waals surface area contributed by atoms with Gasteiger partial charge in [0.05, 0.1) is 11.1 Å². The predicted octanol–water partition coefficient (Wildman–Crippen LogP) is 6.73. The van der Waals surface area contributed by atoms with Crippen molar-refractivity contribution in [1.82, 2.24) is 0 Å². The molecule has 4 atom stereocenters. The summed E-state index contributed by atoms with van der Waals surface area (Å²) in [5.74, 6) is -0.276. The normalized spacial score (nSPS) is 25.8. The third-order valence-electron chi connectivity index (χ3n) is 7.27. The van der Waals surface area contributed by atoms with E-state index in [2.05, 4.69) is 5.32 Å². The Labute approximate surface area is 201 Å². The molecule has 0 heterocycles. The number of nitrogens with two attached hydrogens (primary N) is 1. The number of rotatable bonds is 7. The van der Waals surface area contributed by atoms with Crippen LogP contribution < -0.4 is 11.1 Å². The van der Waals surface area contributed by atoms with Gasteiger partial charge in [-0.2, -0.15) is 26.3 Å². The third kappa shape index (κ3) is 7.95. The molecule has 0 radical (unpaired) electrons. The van der Waals surface area contributed by atoms with E-state index in [-0.39, 0.29) is 42.1 Å². The van der Waals surface area contributed by atoms with E-state index in [0.717, 1.165) is 44.9 Å². The molecule has 3 N–H and O–H groups in total. The monoisotopic (exact) mass is 506 g/mol. The number of alkyl halides is 6. The Morgan fingerprint density at radius 1 is 0.857 bits per heavy atom. The van der Waals surface area contributed by atoms with Crippen molar-refractivity contribution in [1.29, 1.82) is 0 Å². The van der Waals surface area contributed by atoms with E-state index in [1.807, 2.05) is 0 Å². The number of hydrogen-bond donors (Lipinski definition) is 2. The van der Waals surface area contributed by atoms with Crippen molar-refractivity contribution in [2.75, 3.05) is 5.32 Å². The fraction of sp³-hybridized carbons (Fsp3) is 0.680. The van der Waals surface area contributed by atoms with E-state index in [4.69, 9.17) is 5.73 Å². The molecule has 2 aliphatic carbocycles. The molecular weight excluding hydrogens is 474 g/mol. The maximum Gasteiger partial charge on any atom is 0.416 e. The van der Waals surface area contributed by atoms with Gasteiger partial charge in [-0.1, -0.05) is 25.7 Å². The summed E-state index contributed by atoms with van der Waals surface area (Å²) < 4.78 is 78.3. The zero-order valence-electron chi connectivity index (χ0n) is 19.5. The van der Waals surface area contributed by atoms with Crippen LogP contribution in [0.5, 0.6) is 0 Å². The molecule has 4 unspecified atom stereocenters. The number of hydrogen-bond acceptors (Lipinski definition) is 3. The Balaban J connectivity index is 1.55. The summed E-state index contributed by atoms with van der Waals surface area (Å²) in [6.45, 7) is 0. The summed E-state index contributed by atoms with van der Waals surface area (Å²) in [5, 5.41) is 2.22. The largest absolute Gasteiger partial charge is 0.416 e. The molecule has 1 aromatic rings. The first kappa shape index (κ1) is 27.5. The van der Waals surface area contributed by atoms with E-state index in [9.17, 15) is 35.9 Å². The maximum absolute atomic E-state index is 13.0. The molecule has 0 aliphatic heterocycles. The second kappa shape index (κ2) is 11.3. The zero-order chi connectivity index (χ0) is 25.8. The Kier molecular flexibility index (Phi) is 8.88. The average molecular weight is 507 g/mol. The molecule has 3 rings (SSSR count). The van der Waals surface area contributed by atoms with Gasteiger partial charge in [-0.25, -0.2) is 0 Å². The number of carbonyl (C=O) groups is 2. The lowest BCUT2D eigenvalue weighted by molar-refractivity contribution is -0.143. The van der Waals surface area contributed by atoms with Crippen LogP contribution in [-0.4, -0.2) is 17.7 Å². The van der Waals surface area contributed by atoms with Gasteiger partial charge in [0.2, 0.25) is 5.91 Å². The van der Waals surface area contributed by atoms with E-state index >= 15 is 0 Å². The second-order valence-corrected chi connectivity index (χ2v) is 10.0. The lowest BCUT2D eigenvalue weighted by atomic mass is 9.76. The van der Waals surface area contributed by atoms with Crippen LogP contribution in [0.3, 0.4) is 0 Å². The summed E-state index contributed by atoms with van der Waals surface area (Å²) in [6.07, 6.45) is -1.76. The topological polar surface area (TPSA) is 72.2 Å². The smallest absolute Gasteiger partial charge is 0.327 e. The van der Waals surface area contributed by atoms with Crippen LogP contribution in [0.2, 0.25) is 0 Å². The van der Waals surface area contributed by atoms with Crippen LogP contribution in [0.4, 0.5) is 32.0 Å². The van der Waals surface area contributed by atoms with Crippen LogP contribution in [0, 0.1) is 17.8 Å². The van der Waals surface area contributed by atoms with Crippen molar-refractivity contribution in [2.45, 2.75) is 89.0 Å². The standard InChI is InChI=1S/C25H32F6N2O2/c26-24(27,28)17-12-18(25(29,30)31)14-19(13-17)33-23(35)11-16-5-3-4-15(10-16)8-9-22(34)20-6-1-2-7-21(20)32/h12-16,20-21H,1-11,32H2,(H,33,35). The third-order valence-corrected chi connectivity index (χ3v) is 7.27. The van der Waals surface area contributed by atoms with Gasteiger partial charge in [-0.3, -0.25) is 9.59 Å². The molecule has 0 spiro atoms. The van der Waals surface area contributed by atoms with Crippen LogP contribution in [0.1, 0.15) is 81.8 Å². The minimum Gasteiger partial charge on any atom is -0.327 e. The molecule has 0 aromatic heterocycles. The Bertz CT molecular complexity index is 867. The quantitative estimate of drug-likeness (QED) is 0.403. The number of ketones is 1. The van der Waals surface area contributed by atoms with Crippen LogP contribution >= 0.6 is 0 Å². The Morgan fingerprint density at radius 3 is 2.06 bits per heavy atom. The van der Waals surface area contributed by atoms with Crippen molar-refractivity contribution in [3.05, 3.63) is 29.3 Å². The number of nitrogens with one attached hydrogen (secondary N) is 1. The van der Waals surface area contributed by atoms with Crippen LogP contribution in [0.25, 0.3) is 0 Å². The van der Waals surface area contributed by atoms with Crippen molar-refractivity contribution in [2.24, 2.45) is 23.5 Å². The highest BCUT2D eigenvalue weighted by Crippen LogP contribution is 2.38. The SMILES string of the molecule is NC1CCCCC1C(=O)CCC1CCCC(CC(=O)Nc2cc(C(F)(F)F)cc(C(F)(F)F)c2)C1. The van der Waals surface area contributed by atoms with Crippen LogP contribution in [0.15, 0.2) is 18.2 Å². The van der Waals surface area contributed by atoms with Gasteiger partial charge in [-0.15, -0.1) is 0 Å². The summed E-state index contributed by atoms with van der Waals surface area (Å²) in [6, 6.07) is 0.979. The van der Waals surface area contributed by atoms with Crippen molar-refractivity contribution < 1.29 is 35.9 Å². The van der Waals surface area contributed by atoms with Gasteiger partial charge in [0.15, 0.2) is 0 Å². The predicted molar refractivity (Wildman–Crippen MR) is 119 cm³/mol. The number of amides is 1. The first-order chi connectivity index (χ1) is 16.3. The van der Waals surface area contributed by atoms with E-state index in [0.29, 0.717) is 31.4 Å². The first-order valence-corrected chi connectivity index (χ1v) is 12.2.